The molecule has 0 saturated carbocycles. The smallest absolute Gasteiger partial charge is 0.343 e. The maximum absolute atomic E-state index is 12.3. The van der Waals surface area contributed by atoms with E-state index in [-0.39, 0.29) is 5.78 Å². The molecular formula is C23H17BrO4. The van der Waals surface area contributed by atoms with Crippen LogP contribution in [0.1, 0.15) is 26.3 Å². The number of carbonyl (C=O) groups excluding carboxylic acids is 2. The minimum atomic E-state index is -0.481. The second-order valence-corrected chi connectivity index (χ2v) is 6.81. The normalized spacial score (nSPS) is 10.6. The molecule has 3 aromatic rings. The zero-order valence-electron chi connectivity index (χ0n) is 15.1. The van der Waals surface area contributed by atoms with Crippen LogP contribution in [0, 0.1) is 0 Å². The van der Waals surface area contributed by atoms with Crippen molar-refractivity contribution in [1.82, 2.24) is 0 Å². The Bertz CT molecular complexity index is 1020. The third-order valence-corrected chi connectivity index (χ3v) is 4.46. The lowest BCUT2D eigenvalue weighted by atomic mass is 10.1. The molecule has 3 rings (SSSR count). The zero-order valence-corrected chi connectivity index (χ0v) is 16.7. The predicted octanol–water partition coefficient (Wildman–Crippen LogP) is 5.57. The van der Waals surface area contributed by atoms with E-state index >= 15 is 0 Å². The second kappa shape index (κ2) is 9.15. The SMILES string of the molecule is COc1cccc(C(=O)Oc2cccc(C=CC(=O)c3ccc(Br)cc3)c2)c1. The molecule has 0 aliphatic heterocycles. The van der Waals surface area contributed by atoms with Gasteiger partial charge in [-0.05, 0) is 66.2 Å². The first-order valence-corrected chi connectivity index (χ1v) is 9.29. The summed E-state index contributed by atoms with van der Waals surface area (Å²) in [4.78, 5) is 24.6. The van der Waals surface area contributed by atoms with Gasteiger partial charge in [-0.1, -0.05) is 40.2 Å². The molecule has 0 N–H and O–H groups in total. The highest BCUT2D eigenvalue weighted by atomic mass is 79.9. The molecule has 0 unspecified atom stereocenters. The first kappa shape index (κ1) is 19.6. The van der Waals surface area contributed by atoms with E-state index in [1.165, 1.54) is 13.2 Å². The minimum Gasteiger partial charge on any atom is -0.497 e. The average Bonchev–Trinajstić information content (AvgIpc) is 2.73. The van der Waals surface area contributed by atoms with Gasteiger partial charge in [-0.15, -0.1) is 0 Å². The number of allylic oxidation sites excluding steroid dienone is 1. The molecule has 0 aliphatic rings. The maximum atomic E-state index is 12.3. The Morgan fingerprint density at radius 2 is 1.57 bits per heavy atom. The molecule has 140 valence electrons. The molecule has 0 spiro atoms. The predicted molar refractivity (Wildman–Crippen MR) is 112 cm³/mol. The third kappa shape index (κ3) is 5.18. The van der Waals surface area contributed by atoms with E-state index in [0.29, 0.717) is 22.6 Å². The lowest BCUT2D eigenvalue weighted by Gasteiger charge is -2.06. The van der Waals surface area contributed by atoms with Crippen LogP contribution >= 0.6 is 15.9 Å². The molecule has 0 aromatic heterocycles. The Balaban J connectivity index is 1.70. The fourth-order valence-corrected chi connectivity index (χ4v) is 2.74. The van der Waals surface area contributed by atoms with Crippen LogP contribution in [-0.4, -0.2) is 18.9 Å². The van der Waals surface area contributed by atoms with Crippen LogP contribution in [0.25, 0.3) is 6.08 Å². The minimum absolute atomic E-state index is 0.105. The van der Waals surface area contributed by atoms with Crippen molar-refractivity contribution in [3.63, 3.8) is 0 Å². The van der Waals surface area contributed by atoms with E-state index in [1.807, 2.05) is 18.2 Å². The Labute approximate surface area is 171 Å². The molecule has 0 aliphatic carbocycles. The molecule has 0 heterocycles. The van der Waals surface area contributed by atoms with E-state index in [0.717, 1.165) is 10.0 Å². The number of halogens is 1. The lowest BCUT2D eigenvalue weighted by Crippen LogP contribution is -2.08. The van der Waals surface area contributed by atoms with Crippen LogP contribution in [0.15, 0.2) is 83.3 Å². The summed E-state index contributed by atoms with van der Waals surface area (Å²) in [6.07, 6.45) is 3.18. The van der Waals surface area contributed by atoms with Crippen LogP contribution in [0.3, 0.4) is 0 Å². The monoisotopic (exact) mass is 436 g/mol. The van der Waals surface area contributed by atoms with Crippen LogP contribution in [-0.2, 0) is 0 Å². The number of methoxy groups -OCH3 is 1. The van der Waals surface area contributed by atoms with E-state index in [1.54, 1.807) is 60.7 Å². The molecule has 28 heavy (non-hydrogen) atoms. The van der Waals surface area contributed by atoms with E-state index in [9.17, 15) is 9.59 Å². The second-order valence-electron chi connectivity index (χ2n) is 5.90. The Hall–Kier alpha value is -3.18. The summed E-state index contributed by atoms with van der Waals surface area (Å²) in [7, 11) is 1.54. The summed E-state index contributed by atoms with van der Waals surface area (Å²) in [5.74, 6) is 0.390. The average molecular weight is 437 g/mol. The first-order chi connectivity index (χ1) is 13.5. The highest BCUT2D eigenvalue weighted by Gasteiger charge is 2.10. The molecule has 5 heteroatoms. The van der Waals surface area contributed by atoms with E-state index in [4.69, 9.17) is 9.47 Å². The Morgan fingerprint density at radius 1 is 0.857 bits per heavy atom. The van der Waals surface area contributed by atoms with Gasteiger partial charge in [0.05, 0.1) is 12.7 Å². The van der Waals surface area contributed by atoms with Crippen LogP contribution in [0.4, 0.5) is 0 Å². The Morgan fingerprint density at radius 3 is 2.32 bits per heavy atom. The molecule has 0 amide bonds. The van der Waals surface area contributed by atoms with Gasteiger partial charge in [0, 0.05) is 10.0 Å². The Kier molecular flexibility index (Phi) is 6.40. The fourth-order valence-electron chi connectivity index (χ4n) is 2.48. The summed E-state index contributed by atoms with van der Waals surface area (Å²) in [6, 6.07) is 20.9. The van der Waals surface area contributed by atoms with Crippen molar-refractivity contribution in [1.29, 1.82) is 0 Å². The molecule has 0 radical (unpaired) electrons. The van der Waals surface area contributed by atoms with Gasteiger partial charge in [0.25, 0.3) is 0 Å². The van der Waals surface area contributed by atoms with Crippen LogP contribution in [0.2, 0.25) is 0 Å². The number of hydrogen-bond acceptors (Lipinski definition) is 4. The van der Waals surface area contributed by atoms with E-state index in [2.05, 4.69) is 15.9 Å². The third-order valence-electron chi connectivity index (χ3n) is 3.93. The van der Waals surface area contributed by atoms with Gasteiger partial charge in [-0.2, -0.15) is 0 Å². The number of hydrogen-bond donors (Lipinski definition) is 0. The molecule has 0 atom stereocenters. The van der Waals surface area contributed by atoms with Gasteiger partial charge in [0.2, 0.25) is 0 Å². The molecule has 0 saturated heterocycles. The molecular weight excluding hydrogens is 420 g/mol. The summed E-state index contributed by atoms with van der Waals surface area (Å²) < 4.78 is 11.5. The number of carbonyl (C=O) groups is 2. The van der Waals surface area contributed by atoms with Crippen molar-refractivity contribution >= 4 is 33.8 Å². The summed E-state index contributed by atoms with van der Waals surface area (Å²) in [6.45, 7) is 0. The van der Waals surface area contributed by atoms with Gasteiger partial charge in [0.15, 0.2) is 5.78 Å². The van der Waals surface area contributed by atoms with Crippen molar-refractivity contribution in [2.75, 3.05) is 7.11 Å². The first-order valence-electron chi connectivity index (χ1n) is 8.49. The van der Waals surface area contributed by atoms with Crippen molar-refractivity contribution < 1.29 is 19.1 Å². The zero-order chi connectivity index (χ0) is 19.9. The maximum Gasteiger partial charge on any atom is 0.343 e. The highest BCUT2D eigenvalue weighted by Crippen LogP contribution is 2.19. The molecule has 0 bridgehead atoms. The van der Waals surface area contributed by atoms with Gasteiger partial charge >= 0.3 is 5.97 Å². The largest absolute Gasteiger partial charge is 0.497 e. The lowest BCUT2D eigenvalue weighted by molar-refractivity contribution is 0.0734. The van der Waals surface area contributed by atoms with Crippen molar-refractivity contribution in [3.05, 3.63) is 100 Å². The summed E-state index contributed by atoms with van der Waals surface area (Å²) in [5.41, 5.74) is 1.74. The number of esters is 1. The number of ether oxygens (including phenoxy) is 2. The standard InChI is InChI=1S/C23H17BrO4/c1-27-20-6-3-5-18(15-20)23(26)28-21-7-2-4-16(14-21)8-13-22(25)17-9-11-19(24)12-10-17/h2-15H,1H3. The van der Waals surface area contributed by atoms with Crippen molar-refractivity contribution in [2.24, 2.45) is 0 Å². The fraction of sp³-hybridized carbons (Fsp3) is 0.0435. The quantitative estimate of drug-likeness (QED) is 0.219. The summed E-state index contributed by atoms with van der Waals surface area (Å²) >= 11 is 3.34. The number of rotatable bonds is 6. The highest BCUT2D eigenvalue weighted by molar-refractivity contribution is 9.10. The molecule has 0 fully saturated rings. The topological polar surface area (TPSA) is 52.6 Å². The van der Waals surface area contributed by atoms with Gasteiger partial charge in [-0.3, -0.25) is 4.79 Å². The van der Waals surface area contributed by atoms with Gasteiger partial charge in [0.1, 0.15) is 11.5 Å². The van der Waals surface area contributed by atoms with Gasteiger partial charge < -0.3 is 9.47 Å². The van der Waals surface area contributed by atoms with Gasteiger partial charge in [-0.25, -0.2) is 4.79 Å². The molecule has 4 nitrogen and oxygen atoms in total. The number of benzene rings is 3. The summed E-state index contributed by atoms with van der Waals surface area (Å²) in [5, 5.41) is 0. The molecule has 3 aromatic carbocycles. The van der Waals surface area contributed by atoms with Crippen molar-refractivity contribution in [2.45, 2.75) is 0 Å². The number of ketones is 1. The van der Waals surface area contributed by atoms with Crippen molar-refractivity contribution in [3.8, 4) is 11.5 Å². The van der Waals surface area contributed by atoms with Crippen LogP contribution in [0.5, 0.6) is 11.5 Å². The van der Waals surface area contributed by atoms with Crippen LogP contribution < -0.4 is 9.47 Å². The van der Waals surface area contributed by atoms with E-state index < -0.39 is 5.97 Å².